The van der Waals surface area contributed by atoms with Gasteiger partial charge in [-0.3, -0.25) is 9.59 Å². The molecule has 0 aliphatic heterocycles. The summed E-state index contributed by atoms with van der Waals surface area (Å²) in [6.45, 7) is 20.7. The summed E-state index contributed by atoms with van der Waals surface area (Å²) in [6.07, 6.45) is -3.46. The average Bonchev–Trinajstić information content (AvgIpc) is 3.03. The van der Waals surface area contributed by atoms with E-state index in [0.29, 0.717) is 52.9 Å². The molecule has 0 spiro atoms. The van der Waals surface area contributed by atoms with Crippen LogP contribution in [0.3, 0.4) is 0 Å². The van der Waals surface area contributed by atoms with Crippen LogP contribution in [0.2, 0.25) is 0 Å². The number of carboxylic acid groups (broad SMARTS) is 3. The molecule has 0 bridgehead atoms. The number of carboxylic acids is 3. The molecule has 0 aliphatic carbocycles. The highest BCUT2D eigenvalue weighted by Crippen LogP contribution is 2.15. The van der Waals surface area contributed by atoms with Gasteiger partial charge in [0.25, 0.3) is 0 Å². The molecule has 0 saturated heterocycles. The maximum Gasteiger partial charge on any atom is 0.336 e. The molecule has 6 N–H and O–H groups in total. The lowest BCUT2D eigenvalue weighted by atomic mass is 9.96. The van der Waals surface area contributed by atoms with E-state index in [9.17, 15) is 19.5 Å². The molecule has 9 unspecified atom stereocenters. The van der Waals surface area contributed by atoms with Crippen LogP contribution in [0.25, 0.3) is 0 Å². The quantitative estimate of drug-likeness (QED) is 0.0610. The number of aliphatic carboxylic acids is 3. The summed E-state index contributed by atoms with van der Waals surface area (Å²) in [6, 6.07) is 0. The standard InChI is InChI=1S/C27H56O10.C6H8O7/c1-19(29)11-30-21(3)13-32-23(5)15-34-25(7)17-36-27(9)18-37-26(8)16-35-24(6)14-33-22(4)12-31-20(2)10-28;7-3(8)1-6(13,5(11)12)2-4(9)10/h19-29H,10-18H2,1-9H3;13H,1-2H2,(H,7,8)(H,9,10)(H,11,12). The van der Waals surface area contributed by atoms with E-state index in [2.05, 4.69) is 0 Å². The van der Waals surface area contributed by atoms with Crippen LogP contribution in [0.1, 0.15) is 75.2 Å². The lowest BCUT2D eigenvalue weighted by molar-refractivity contribution is -0.170. The van der Waals surface area contributed by atoms with Gasteiger partial charge in [-0.25, -0.2) is 4.79 Å². The number of ether oxygens (including phenoxy) is 8. The summed E-state index contributed by atoms with van der Waals surface area (Å²) in [5.74, 6) is -5.02. The van der Waals surface area contributed by atoms with Crippen molar-refractivity contribution in [2.75, 3.05) is 59.5 Å². The molecule has 0 heterocycles. The normalized spacial score (nSPS) is 17.3. The molecule has 0 radical (unpaired) electrons. The fraction of sp³-hybridized carbons (Fsp3) is 0.909. The first kappa shape index (κ1) is 50.1. The average molecular weight is 733 g/mol. The zero-order chi connectivity index (χ0) is 38.9. The largest absolute Gasteiger partial charge is 0.481 e. The van der Waals surface area contributed by atoms with Crippen molar-refractivity contribution in [3.05, 3.63) is 0 Å². The summed E-state index contributed by atoms with van der Waals surface area (Å²) < 4.78 is 45.8. The van der Waals surface area contributed by atoms with E-state index in [1.165, 1.54) is 0 Å². The molecule has 0 aromatic carbocycles. The lowest BCUT2D eigenvalue weighted by Gasteiger charge is -2.23. The summed E-state index contributed by atoms with van der Waals surface area (Å²) in [5.41, 5.74) is -2.74. The smallest absolute Gasteiger partial charge is 0.336 e. The zero-order valence-electron chi connectivity index (χ0n) is 31.1. The summed E-state index contributed by atoms with van der Waals surface area (Å²) in [4.78, 5) is 30.5. The fourth-order valence-electron chi connectivity index (χ4n) is 3.51. The first-order valence-corrected chi connectivity index (χ1v) is 16.8. The Morgan fingerprint density at radius 2 is 0.680 bits per heavy atom. The number of aliphatic hydroxyl groups is 3. The van der Waals surface area contributed by atoms with E-state index in [-0.39, 0.29) is 55.4 Å². The Bertz CT molecular complexity index is 872. The maximum absolute atomic E-state index is 10.3. The Morgan fingerprint density at radius 3 is 0.860 bits per heavy atom. The summed E-state index contributed by atoms with van der Waals surface area (Å²) in [5, 5.41) is 52.1. The number of aliphatic hydroxyl groups excluding tert-OH is 2. The molecular formula is C33H64O17. The second-order valence-corrected chi connectivity index (χ2v) is 12.7. The molecule has 17 heteroatoms. The van der Waals surface area contributed by atoms with Crippen LogP contribution >= 0.6 is 0 Å². The molecule has 0 aromatic rings. The van der Waals surface area contributed by atoms with Gasteiger partial charge < -0.3 is 68.5 Å². The van der Waals surface area contributed by atoms with E-state index >= 15 is 0 Å². The number of rotatable bonds is 30. The van der Waals surface area contributed by atoms with Gasteiger partial charge in [0, 0.05) is 0 Å². The monoisotopic (exact) mass is 732 g/mol. The van der Waals surface area contributed by atoms with Gasteiger partial charge in [-0.1, -0.05) is 0 Å². The molecule has 0 rings (SSSR count). The van der Waals surface area contributed by atoms with Gasteiger partial charge in [-0.05, 0) is 62.3 Å². The molecule has 0 amide bonds. The number of hydrogen-bond acceptors (Lipinski definition) is 14. The summed E-state index contributed by atoms with van der Waals surface area (Å²) in [7, 11) is 0. The number of carbonyl (C=O) groups is 3. The minimum absolute atomic E-state index is 0.00142. The summed E-state index contributed by atoms with van der Waals surface area (Å²) >= 11 is 0. The molecule has 0 aliphatic rings. The molecule has 0 aromatic heterocycles. The van der Waals surface area contributed by atoms with E-state index in [1.807, 2.05) is 55.4 Å². The minimum Gasteiger partial charge on any atom is -0.481 e. The third-order valence-electron chi connectivity index (χ3n) is 6.47. The molecule has 17 nitrogen and oxygen atoms in total. The van der Waals surface area contributed by atoms with Crippen molar-refractivity contribution in [1.82, 2.24) is 0 Å². The highest BCUT2D eigenvalue weighted by atomic mass is 16.6. The Balaban J connectivity index is 0. The van der Waals surface area contributed by atoms with Crippen molar-refractivity contribution in [2.45, 2.75) is 136 Å². The zero-order valence-corrected chi connectivity index (χ0v) is 31.1. The first-order valence-electron chi connectivity index (χ1n) is 16.8. The van der Waals surface area contributed by atoms with Crippen molar-refractivity contribution in [3.8, 4) is 0 Å². The van der Waals surface area contributed by atoms with Gasteiger partial charge in [-0.15, -0.1) is 0 Å². The van der Waals surface area contributed by atoms with Crippen LogP contribution in [0.5, 0.6) is 0 Å². The molecule has 0 fully saturated rings. The second-order valence-electron chi connectivity index (χ2n) is 12.7. The van der Waals surface area contributed by atoms with Crippen LogP contribution in [-0.4, -0.2) is 169 Å². The van der Waals surface area contributed by atoms with E-state index in [1.54, 1.807) is 6.92 Å². The predicted molar refractivity (Wildman–Crippen MR) is 179 cm³/mol. The predicted octanol–water partition coefficient (Wildman–Crippen LogP) is 1.35. The Kier molecular flexibility index (Phi) is 28.6. The molecule has 0 saturated carbocycles. The van der Waals surface area contributed by atoms with E-state index in [0.717, 1.165) is 0 Å². The van der Waals surface area contributed by atoms with Crippen LogP contribution in [0, 0.1) is 0 Å². The van der Waals surface area contributed by atoms with Gasteiger partial charge in [0.15, 0.2) is 5.60 Å². The third kappa shape index (κ3) is 29.7. The van der Waals surface area contributed by atoms with Crippen molar-refractivity contribution in [1.29, 1.82) is 0 Å². The van der Waals surface area contributed by atoms with Crippen LogP contribution in [-0.2, 0) is 52.3 Å². The van der Waals surface area contributed by atoms with Gasteiger partial charge >= 0.3 is 17.9 Å². The van der Waals surface area contributed by atoms with Crippen molar-refractivity contribution in [2.24, 2.45) is 0 Å². The molecule has 298 valence electrons. The lowest BCUT2D eigenvalue weighted by Crippen LogP contribution is -2.42. The molecule has 9 atom stereocenters. The van der Waals surface area contributed by atoms with Gasteiger partial charge in [0.05, 0.1) is 127 Å². The van der Waals surface area contributed by atoms with Crippen molar-refractivity contribution >= 4 is 17.9 Å². The number of hydrogen-bond donors (Lipinski definition) is 6. The van der Waals surface area contributed by atoms with Crippen LogP contribution in [0.4, 0.5) is 0 Å². The molecule has 50 heavy (non-hydrogen) atoms. The fourth-order valence-corrected chi connectivity index (χ4v) is 3.51. The van der Waals surface area contributed by atoms with Crippen molar-refractivity contribution < 1.29 is 82.9 Å². The second kappa shape index (κ2) is 28.5. The third-order valence-corrected chi connectivity index (χ3v) is 6.47. The van der Waals surface area contributed by atoms with E-state index in [4.69, 9.17) is 63.4 Å². The van der Waals surface area contributed by atoms with Crippen molar-refractivity contribution in [3.63, 3.8) is 0 Å². The SMILES string of the molecule is CC(O)COC(C)COC(C)COC(C)COC(C)COC(C)COC(C)COC(C)COC(C)CO.O=C(O)CC(O)(CC(=O)O)C(=O)O. The van der Waals surface area contributed by atoms with Gasteiger partial charge in [-0.2, -0.15) is 0 Å². The van der Waals surface area contributed by atoms with Crippen LogP contribution < -0.4 is 0 Å². The Hall–Kier alpha value is -2.03. The first-order chi connectivity index (χ1) is 23.2. The maximum atomic E-state index is 10.3. The molecular weight excluding hydrogens is 668 g/mol. The topological polar surface area (TPSA) is 246 Å². The van der Waals surface area contributed by atoms with Gasteiger partial charge in [0.2, 0.25) is 0 Å². The minimum atomic E-state index is -2.74. The Morgan fingerprint density at radius 1 is 0.460 bits per heavy atom. The van der Waals surface area contributed by atoms with Crippen LogP contribution in [0.15, 0.2) is 0 Å². The highest BCUT2D eigenvalue weighted by molar-refractivity contribution is 5.88. The Labute approximate surface area is 296 Å². The van der Waals surface area contributed by atoms with E-state index < -0.39 is 42.5 Å². The highest BCUT2D eigenvalue weighted by Gasteiger charge is 2.40. The van der Waals surface area contributed by atoms with Gasteiger partial charge in [0.1, 0.15) is 0 Å².